The van der Waals surface area contributed by atoms with Gasteiger partial charge in [0, 0.05) is 6.92 Å². The van der Waals surface area contributed by atoms with Crippen molar-refractivity contribution < 1.29 is 4.52 Å². The monoisotopic (exact) mass is 231 g/mol. The molecule has 4 nitrogen and oxygen atoms in total. The van der Waals surface area contributed by atoms with Crippen LogP contribution in [-0.4, -0.2) is 16.7 Å². The van der Waals surface area contributed by atoms with E-state index >= 15 is 0 Å². The fourth-order valence-electron chi connectivity index (χ4n) is 1.81. The molecule has 0 saturated carbocycles. The van der Waals surface area contributed by atoms with Gasteiger partial charge in [0.1, 0.15) is 0 Å². The number of nitrogens with zero attached hydrogens (tertiary/aromatic N) is 2. The number of hydrogen-bond donors (Lipinski definition) is 1. The van der Waals surface area contributed by atoms with E-state index in [1.165, 1.54) is 5.56 Å². The second kappa shape index (κ2) is 5.59. The Bertz CT molecular complexity index is 453. The second-order valence-electron chi connectivity index (χ2n) is 3.97. The highest BCUT2D eigenvalue weighted by atomic mass is 16.5. The molecule has 17 heavy (non-hydrogen) atoms. The van der Waals surface area contributed by atoms with Gasteiger partial charge in [-0.25, -0.2) is 0 Å². The van der Waals surface area contributed by atoms with Crippen LogP contribution in [0.1, 0.15) is 30.2 Å². The Morgan fingerprint density at radius 2 is 2.06 bits per heavy atom. The molecular weight excluding hydrogens is 214 g/mol. The third kappa shape index (κ3) is 3.14. The number of likely N-dealkylation sites (N-methyl/N-ethyl adjacent to an activating group) is 1. The number of aryl methyl sites for hydroxylation is 1. The van der Waals surface area contributed by atoms with Crippen molar-refractivity contribution in [3.8, 4) is 0 Å². The molecule has 0 amide bonds. The maximum Gasteiger partial charge on any atom is 0.223 e. The van der Waals surface area contributed by atoms with Crippen LogP contribution in [-0.2, 0) is 6.42 Å². The summed E-state index contributed by atoms with van der Waals surface area (Å²) < 4.78 is 5.03. The molecule has 1 heterocycles. The van der Waals surface area contributed by atoms with Gasteiger partial charge in [-0.15, -0.1) is 0 Å². The number of rotatable bonds is 5. The van der Waals surface area contributed by atoms with E-state index in [1.54, 1.807) is 0 Å². The zero-order valence-corrected chi connectivity index (χ0v) is 10.2. The summed E-state index contributed by atoms with van der Waals surface area (Å²) in [5.41, 5.74) is 1.26. The zero-order valence-electron chi connectivity index (χ0n) is 10.2. The lowest BCUT2D eigenvalue weighted by Gasteiger charge is -2.13. The summed E-state index contributed by atoms with van der Waals surface area (Å²) >= 11 is 0. The minimum absolute atomic E-state index is 0.111. The van der Waals surface area contributed by atoms with Crippen molar-refractivity contribution in [3.63, 3.8) is 0 Å². The van der Waals surface area contributed by atoms with Gasteiger partial charge in [0.25, 0.3) is 0 Å². The van der Waals surface area contributed by atoms with E-state index in [0.29, 0.717) is 5.89 Å². The van der Waals surface area contributed by atoms with Crippen LogP contribution in [0.5, 0.6) is 0 Å². The number of nitrogens with one attached hydrogen (secondary N) is 1. The fraction of sp³-hybridized carbons (Fsp3) is 0.385. The van der Waals surface area contributed by atoms with Crippen molar-refractivity contribution in [1.29, 1.82) is 0 Å². The fourth-order valence-corrected chi connectivity index (χ4v) is 1.81. The van der Waals surface area contributed by atoms with E-state index in [-0.39, 0.29) is 6.04 Å². The average molecular weight is 231 g/mol. The highest BCUT2D eigenvalue weighted by Crippen LogP contribution is 2.15. The van der Waals surface area contributed by atoms with Gasteiger partial charge < -0.3 is 9.84 Å². The molecular formula is C13H17N3O. The minimum Gasteiger partial charge on any atom is -0.340 e. The first-order chi connectivity index (χ1) is 8.29. The van der Waals surface area contributed by atoms with E-state index in [9.17, 15) is 0 Å². The quantitative estimate of drug-likeness (QED) is 0.857. The van der Waals surface area contributed by atoms with Crippen molar-refractivity contribution in [2.24, 2.45) is 0 Å². The topological polar surface area (TPSA) is 51.0 Å². The summed E-state index contributed by atoms with van der Waals surface area (Å²) in [6.07, 6.45) is 0.869. The molecule has 1 unspecified atom stereocenters. The SMILES string of the molecule is CCNC(Cc1ccccc1)c1noc(C)n1. The van der Waals surface area contributed by atoms with Crippen molar-refractivity contribution in [2.45, 2.75) is 26.3 Å². The van der Waals surface area contributed by atoms with E-state index < -0.39 is 0 Å². The molecule has 2 rings (SSSR count). The lowest BCUT2D eigenvalue weighted by Crippen LogP contribution is -2.24. The van der Waals surface area contributed by atoms with Gasteiger partial charge in [-0.3, -0.25) is 0 Å². The Hall–Kier alpha value is -1.68. The van der Waals surface area contributed by atoms with Gasteiger partial charge in [-0.1, -0.05) is 42.4 Å². The van der Waals surface area contributed by atoms with E-state index in [1.807, 2.05) is 25.1 Å². The molecule has 0 aliphatic carbocycles. The molecule has 1 aromatic heterocycles. The summed E-state index contributed by atoms with van der Waals surface area (Å²) in [6, 6.07) is 10.4. The summed E-state index contributed by atoms with van der Waals surface area (Å²) in [6.45, 7) is 4.76. The molecule has 1 aromatic carbocycles. The number of benzene rings is 1. The van der Waals surface area contributed by atoms with Gasteiger partial charge in [-0.2, -0.15) is 4.98 Å². The predicted molar refractivity (Wildman–Crippen MR) is 65.6 cm³/mol. The van der Waals surface area contributed by atoms with Crippen molar-refractivity contribution >= 4 is 0 Å². The smallest absolute Gasteiger partial charge is 0.223 e. The molecule has 4 heteroatoms. The van der Waals surface area contributed by atoms with Crippen LogP contribution in [0.15, 0.2) is 34.9 Å². The molecule has 0 radical (unpaired) electrons. The first-order valence-electron chi connectivity index (χ1n) is 5.87. The lowest BCUT2D eigenvalue weighted by molar-refractivity contribution is 0.377. The summed E-state index contributed by atoms with van der Waals surface area (Å²) in [5, 5.41) is 7.36. The molecule has 0 bridgehead atoms. The highest BCUT2D eigenvalue weighted by molar-refractivity contribution is 5.17. The normalized spacial score (nSPS) is 12.6. The third-order valence-electron chi connectivity index (χ3n) is 2.59. The van der Waals surface area contributed by atoms with E-state index in [2.05, 4.69) is 34.5 Å². The maximum absolute atomic E-state index is 5.03. The van der Waals surface area contributed by atoms with Crippen LogP contribution in [0.2, 0.25) is 0 Å². The Kier molecular flexibility index (Phi) is 3.88. The minimum atomic E-state index is 0.111. The molecule has 0 aliphatic heterocycles. The summed E-state index contributed by atoms with van der Waals surface area (Å²) in [7, 11) is 0. The van der Waals surface area contributed by atoms with Crippen molar-refractivity contribution in [3.05, 3.63) is 47.6 Å². The average Bonchev–Trinajstić information content (AvgIpc) is 2.77. The van der Waals surface area contributed by atoms with Crippen LogP contribution < -0.4 is 5.32 Å². The second-order valence-corrected chi connectivity index (χ2v) is 3.97. The summed E-state index contributed by atoms with van der Waals surface area (Å²) in [4.78, 5) is 4.29. The Morgan fingerprint density at radius 1 is 1.29 bits per heavy atom. The Labute approximate surface area is 101 Å². The Balaban J connectivity index is 2.13. The van der Waals surface area contributed by atoms with Gasteiger partial charge in [0.15, 0.2) is 5.82 Å². The van der Waals surface area contributed by atoms with E-state index in [0.717, 1.165) is 18.8 Å². The molecule has 0 fully saturated rings. The van der Waals surface area contributed by atoms with E-state index in [4.69, 9.17) is 4.52 Å². The van der Waals surface area contributed by atoms with Crippen LogP contribution in [0.25, 0.3) is 0 Å². The van der Waals surface area contributed by atoms with Gasteiger partial charge >= 0.3 is 0 Å². The Morgan fingerprint density at radius 3 is 2.65 bits per heavy atom. The van der Waals surface area contributed by atoms with Crippen molar-refractivity contribution in [1.82, 2.24) is 15.5 Å². The zero-order chi connectivity index (χ0) is 12.1. The number of aromatic nitrogens is 2. The lowest BCUT2D eigenvalue weighted by atomic mass is 10.1. The van der Waals surface area contributed by atoms with Gasteiger partial charge in [0.2, 0.25) is 5.89 Å². The molecule has 2 aromatic rings. The highest BCUT2D eigenvalue weighted by Gasteiger charge is 2.16. The summed E-state index contributed by atoms with van der Waals surface area (Å²) in [5.74, 6) is 1.34. The van der Waals surface area contributed by atoms with Crippen LogP contribution in [0.3, 0.4) is 0 Å². The molecule has 90 valence electrons. The molecule has 0 spiro atoms. The van der Waals surface area contributed by atoms with Crippen LogP contribution in [0, 0.1) is 6.92 Å². The number of hydrogen-bond acceptors (Lipinski definition) is 4. The van der Waals surface area contributed by atoms with Crippen molar-refractivity contribution in [2.75, 3.05) is 6.54 Å². The first-order valence-corrected chi connectivity index (χ1v) is 5.87. The van der Waals surface area contributed by atoms with Gasteiger partial charge in [-0.05, 0) is 18.5 Å². The largest absolute Gasteiger partial charge is 0.340 e. The first kappa shape index (κ1) is 11.8. The molecule has 1 atom stereocenters. The van der Waals surface area contributed by atoms with Crippen LogP contribution >= 0.6 is 0 Å². The van der Waals surface area contributed by atoms with Gasteiger partial charge in [0.05, 0.1) is 6.04 Å². The molecule has 0 aliphatic rings. The maximum atomic E-state index is 5.03. The third-order valence-corrected chi connectivity index (χ3v) is 2.59. The molecule has 0 saturated heterocycles. The standard InChI is InChI=1S/C13H17N3O/c1-3-14-12(13-15-10(2)17-16-13)9-11-7-5-4-6-8-11/h4-8,12,14H,3,9H2,1-2H3. The molecule has 1 N–H and O–H groups in total. The predicted octanol–water partition coefficient (Wildman–Crippen LogP) is 2.27. The van der Waals surface area contributed by atoms with Crippen LogP contribution in [0.4, 0.5) is 0 Å².